The second kappa shape index (κ2) is 3.38. The molecule has 14 heavy (non-hydrogen) atoms. The van der Waals surface area contributed by atoms with Crippen molar-refractivity contribution in [2.24, 2.45) is 7.05 Å². The highest BCUT2D eigenvalue weighted by Crippen LogP contribution is 2.23. The Morgan fingerprint density at radius 1 is 1.57 bits per heavy atom. The summed E-state index contributed by atoms with van der Waals surface area (Å²) >= 11 is 5.54. The minimum absolute atomic E-state index is 0.151. The summed E-state index contributed by atoms with van der Waals surface area (Å²) in [6.07, 6.45) is 3.05. The molecule has 2 aromatic heterocycles. The van der Waals surface area contributed by atoms with Gasteiger partial charge in [0, 0.05) is 31.1 Å². The third-order valence-corrected chi connectivity index (χ3v) is 2.01. The molecule has 0 unspecified atom stereocenters. The van der Waals surface area contributed by atoms with Crippen LogP contribution >= 0.6 is 11.6 Å². The monoisotopic (exact) mass is 210 g/mol. The van der Waals surface area contributed by atoms with Gasteiger partial charge in [0.25, 0.3) is 0 Å². The average Bonchev–Trinajstić information content (AvgIpc) is 2.57. The first-order valence-corrected chi connectivity index (χ1v) is 4.28. The van der Waals surface area contributed by atoms with E-state index in [-0.39, 0.29) is 5.15 Å². The molecule has 0 spiro atoms. The highest BCUT2D eigenvalue weighted by atomic mass is 35.5. The minimum atomic E-state index is -0.566. The molecular formula is C9H6ClFN3. The van der Waals surface area contributed by atoms with Crippen LogP contribution in [0, 0.1) is 11.9 Å². The quantitative estimate of drug-likeness (QED) is 0.675. The number of halogens is 2. The van der Waals surface area contributed by atoms with Crippen LogP contribution in [0.2, 0.25) is 5.15 Å². The smallest absolute Gasteiger partial charge is 0.169 e. The van der Waals surface area contributed by atoms with Crippen LogP contribution in [-0.2, 0) is 7.05 Å². The lowest BCUT2D eigenvalue weighted by atomic mass is 10.2. The number of hydrogen-bond acceptors (Lipinski definition) is 2. The van der Waals surface area contributed by atoms with Crippen LogP contribution in [0.3, 0.4) is 0 Å². The van der Waals surface area contributed by atoms with Gasteiger partial charge in [-0.3, -0.25) is 4.68 Å². The molecule has 0 aromatic carbocycles. The van der Waals surface area contributed by atoms with Gasteiger partial charge in [-0.25, -0.2) is 9.37 Å². The van der Waals surface area contributed by atoms with Crippen LogP contribution in [0.5, 0.6) is 0 Å². The number of aromatic nitrogens is 3. The van der Waals surface area contributed by atoms with Gasteiger partial charge in [-0.05, 0) is 6.07 Å². The normalized spacial score (nSPS) is 10.5. The molecule has 1 radical (unpaired) electrons. The molecule has 3 nitrogen and oxygen atoms in total. The van der Waals surface area contributed by atoms with Crippen molar-refractivity contribution in [3.05, 3.63) is 35.5 Å². The van der Waals surface area contributed by atoms with E-state index in [9.17, 15) is 4.39 Å². The van der Waals surface area contributed by atoms with E-state index in [0.717, 1.165) is 0 Å². The van der Waals surface area contributed by atoms with Crippen molar-refractivity contribution in [2.45, 2.75) is 0 Å². The Morgan fingerprint density at radius 3 is 3.00 bits per heavy atom. The Balaban J connectivity index is 2.57. The number of hydrogen-bond donors (Lipinski definition) is 0. The van der Waals surface area contributed by atoms with Crippen molar-refractivity contribution in [3.63, 3.8) is 0 Å². The molecule has 0 N–H and O–H groups in total. The van der Waals surface area contributed by atoms with Crippen molar-refractivity contribution in [2.75, 3.05) is 0 Å². The Hall–Kier alpha value is -1.42. The van der Waals surface area contributed by atoms with Gasteiger partial charge in [0.15, 0.2) is 11.0 Å². The predicted octanol–water partition coefficient (Wildman–Crippen LogP) is 2.07. The molecule has 0 fully saturated rings. The zero-order valence-corrected chi connectivity index (χ0v) is 8.09. The van der Waals surface area contributed by atoms with Crippen LogP contribution < -0.4 is 0 Å². The van der Waals surface area contributed by atoms with Crippen molar-refractivity contribution >= 4 is 11.6 Å². The number of aryl methyl sites for hydroxylation is 1. The molecule has 2 aromatic rings. The standard InChI is InChI=1S/C9H6ClFN3/c1-14-5-3-7(13-14)6-2-4-12-9(10)8(6)11/h2,4-5H,1H3. The molecule has 0 bridgehead atoms. The molecule has 0 amide bonds. The Labute approximate surface area is 85.1 Å². The Morgan fingerprint density at radius 2 is 2.36 bits per heavy atom. The van der Waals surface area contributed by atoms with Crippen LogP contribution in [0.4, 0.5) is 4.39 Å². The third-order valence-electron chi connectivity index (χ3n) is 1.75. The van der Waals surface area contributed by atoms with Gasteiger partial charge in [-0.15, -0.1) is 0 Å². The second-order valence-corrected chi connectivity index (χ2v) is 3.12. The highest BCUT2D eigenvalue weighted by molar-refractivity contribution is 6.29. The number of nitrogens with zero attached hydrogens (tertiary/aromatic N) is 3. The average molecular weight is 211 g/mol. The van der Waals surface area contributed by atoms with E-state index in [1.165, 1.54) is 12.3 Å². The van der Waals surface area contributed by atoms with E-state index in [1.54, 1.807) is 17.9 Å². The van der Waals surface area contributed by atoms with Crippen molar-refractivity contribution in [1.29, 1.82) is 0 Å². The largest absolute Gasteiger partial charge is 0.275 e. The fourth-order valence-electron chi connectivity index (χ4n) is 1.10. The first-order valence-electron chi connectivity index (χ1n) is 3.90. The molecule has 2 heterocycles. The van der Waals surface area contributed by atoms with Crippen LogP contribution in [0.25, 0.3) is 11.3 Å². The summed E-state index contributed by atoms with van der Waals surface area (Å²) in [5.74, 6) is -0.566. The first-order chi connectivity index (χ1) is 6.68. The van der Waals surface area contributed by atoms with Gasteiger partial charge in [-0.1, -0.05) is 11.6 Å². The Bertz CT molecular complexity index is 467. The van der Waals surface area contributed by atoms with Gasteiger partial charge >= 0.3 is 0 Å². The van der Waals surface area contributed by atoms with E-state index in [4.69, 9.17) is 11.6 Å². The summed E-state index contributed by atoms with van der Waals surface area (Å²) in [7, 11) is 1.74. The fraction of sp³-hybridized carbons (Fsp3) is 0.111. The first kappa shape index (κ1) is 9.15. The second-order valence-electron chi connectivity index (χ2n) is 2.76. The van der Waals surface area contributed by atoms with Crippen LogP contribution in [0.1, 0.15) is 0 Å². The molecule has 2 rings (SSSR count). The molecular weight excluding hydrogens is 205 g/mol. The summed E-state index contributed by atoms with van der Waals surface area (Å²) in [5.41, 5.74) is 0.736. The lowest BCUT2D eigenvalue weighted by Gasteiger charge is -1.99. The summed E-state index contributed by atoms with van der Waals surface area (Å²) in [6.45, 7) is 0. The van der Waals surface area contributed by atoms with Gasteiger partial charge in [0.05, 0.1) is 0 Å². The lowest BCUT2D eigenvalue weighted by Crippen LogP contribution is -1.91. The Kier molecular flexibility index (Phi) is 2.21. The van der Waals surface area contributed by atoms with E-state index >= 15 is 0 Å². The van der Waals surface area contributed by atoms with Gasteiger partial charge in [0.1, 0.15) is 5.69 Å². The summed E-state index contributed by atoms with van der Waals surface area (Å²) in [5, 5.41) is 3.87. The van der Waals surface area contributed by atoms with Crippen molar-refractivity contribution in [1.82, 2.24) is 14.8 Å². The van der Waals surface area contributed by atoms with Crippen molar-refractivity contribution in [3.8, 4) is 11.3 Å². The molecule has 0 saturated carbocycles. The SMILES string of the molecule is Cn1c[c]c(-c2ccnc(Cl)c2F)n1. The lowest BCUT2D eigenvalue weighted by molar-refractivity contribution is 0.624. The molecule has 0 aliphatic rings. The van der Waals surface area contributed by atoms with Crippen LogP contribution in [-0.4, -0.2) is 14.8 Å². The maximum atomic E-state index is 13.4. The fourth-order valence-corrected chi connectivity index (χ4v) is 1.26. The summed E-state index contributed by atoms with van der Waals surface area (Å²) in [4.78, 5) is 3.61. The van der Waals surface area contributed by atoms with Crippen molar-refractivity contribution < 1.29 is 4.39 Å². The highest BCUT2D eigenvalue weighted by Gasteiger charge is 2.11. The summed E-state index contributed by atoms with van der Waals surface area (Å²) in [6, 6.07) is 4.33. The van der Waals surface area contributed by atoms with E-state index in [0.29, 0.717) is 11.3 Å². The zero-order valence-electron chi connectivity index (χ0n) is 7.33. The van der Waals surface area contributed by atoms with Gasteiger partial charge in [0.2, 0.25) is 0 Å². The topological polar surface area (TPSA) is 30.7 Å². The maximum Gasteiger partial charge on any atom is 0.169 e. The minimum Gasteiger partial charge on any atom is -0.275 e. The molecule has 0 saturated heterocycles. The van der Waals surface area contributed by atoms with E-state index in [2.05, 4.69) is 16.1 Å². The molecule has 0 atom stereocenters. The zero-order chi connectivity index (χ0) is 10.1. The number of pyridine rings is 1. The summed E-state index contributed by atoms with van der Waals surface area (Å²) < 4.78 is 15.0. The van der Waals surface area contributed by atoms with E-state index in [1.807, 2.05) is 0 Å². The predicted molar refractivity (Wildman–Crippen MR) is 50.2 cm³/mol. The molecule has 0 aliphatic carbocycles. The van der Waals surface area contributed by atoms with Gasteiger partial charge in [-0.2, -0.15) is 5.10 Å². The van der Waals surface area contributed by atoms with Gasteiger partial charge < -0.3 is 0 Å². The molecule has 5 heteroatoms. The molecule has 71 valence electrons. The third kappa shape index (κ3) is 1.48. The van der Waals surface area contributed by atoms with Crippen LogP contribution in [0.15, 0.2) is 18.5 Å². The number of rotatable bonds is 1. The van der Waals surface area contributed by atoms with E-state index < -0.39 is 5.82 Å². The molecule has 0 aliphatic heterocycles. The maximum absolute atomic E-state index is 13.4.